The SMILES string of the molecule is CCCCC[C@@H](/C=C/[C@@H]1[C@H](CCO)[C@@H](O[Si](C)(C)C(C)(C)C)C[C@H]1OC(C)OCC)O[Si](C)(C)C(C)(C)C. The van der Waals surface area contributed by atoms with E-state index in [1.165, 1.54) is 19.3 Å². The van der Waals surface area contributed by atoms with Crippen LogP contribution in [0.15, 0.2) is 12.2 Å². The Balaban J connectivity index is 3.34. The number of hydrogen-bond donors (Lipinski definition) is 1. The molecule has 0 aromatic carbocycles. The van der Waals surface area contributed by atoms with Crippen LogP contribution in [0.25, 0.3) is 0 Å². The third-order valence-corrected chi connectivity index (χ3v) is 18.2. The van der Waals surface area contributed by atoms with Crippen molar-refractivity contribution in [3.63, 3.8) is 0 Å². The summed E-state index contributed by atoms with van der Waals surface area (Å²) >= 11 is 0. The predicted molar refractivity (Wildman–Crippen MR) is 167 cm³/mol. The summed E-state index contributed by atoms with van der Waals surface area (Å²) < 4.78 is 26.2. The molecule has 0 aromatic heterocycles. The van der Waals surface area contributed by atoms with Crippen molar-refractivity contribution in [2.75, 3.05) is 13.2 Å². The van der Waals surface area contributed by atoms with Crippen molar-refractivity contribution in [2.45, 2.75) is 162 Å². The summed E-state index contributed by atoms with van der Waals surface area (Å²) in [7, 11) is -3.91. The van der Waals surface area contributed by atoms with E-state index in [2.05, 4.69) is 86.8 Å². The molecule has 226 valence electrons. The summed E-state index contributed by atoms with van der Waals surface area (Å²) in [5.74, 6) is 0.352. The van der Waals surface area contributed by atoms with E-state index in [1.54, 1.807) is 0 Å². The molecular weight excluding hydrogens is 509 g/mol. The van der Waals surface area contributed by atoms with Crippen molar-refractivity contribution in [3.8, 4) is 0 Å². The quantitative estimate of drug-likeness (QED) is 0.0867. The lowest BCUT2D eigenvalue weighted by atomic mass is 9.90. The van der Waals surface area contributed by atoms with E-state index in [0.29, 0.717) is 13.0 Å². The van der Waals surface area contributed by atoms with Crippen LogP contribution >= 0.6 is 0 Å². The first-order valence-electron chi connectivity index (χ1n) is 15.3. The molecule has 0 spiro atoms. The summed E-state index contributed by atoms with van der Waals surface area (Å²) in [5, 5.41) is 10.4. The number of aliphatic hydroxyl groups excluding tert-OH is 1. The Morgan fingerprint density at radius 1 is 0.921 bits per heavy atom. The Morgan fingerprint density at radius 2 is 1.53 bits per heavy atom. The van der Waals surface area contributed by atoms with Crippen molar-refractivity contribution in [3.05, 3.63) is 12.2 Å². The van der Waals surface area contributed by atoms with Crippen LogP contribution in [0.1, 0.15) is 101 Å². The van der Waals surface area contributed by atoms with Crippen LogP contribution in [-0.2, 0) is 18.3 Å². The molecule has 6 atom stereocenters. The molecule has 1 aliphatic rings. The highest BCUT2D eigenvalue weighted by Gasteiger charge is 2.48. The number of aliphatic hydroxyl groups is 1. The molecule has 1 aliphatic carbocycles. The highest BCUT2D eigenvalue weighted by molar-refractivity contribution is 6.74. The predicted octanol–water partition coefficient (Wildman–Crippen LogP) is 8.69. The fourth-order valence-electron chi connectivity index (χ4n) is 4.83. The summed E-state index contributed by atoms with van der Waals surface area (Å²) in [4.78, 5) is 0. The molecule has 1 fully saturated rings. The fraction of sp³-hybridized carbons (Fsp3) is 0.935. The number of ether oxygens (including phenoxy) is 2. The summed E-state index contributed by atoms with van der Waals surface area (Å²) in [5.41, 5.74) is 0. The standard InChI is InChI=1S/C31H64O5Si2/c1-14-16-17-18-25(35-37(10,11)30(4,5)6)19-20-26-27(21-22-32)29(36-38(12,13)31(7,8)9)23-28(26)34-24(3)33-15-2/h19-20,24-29,32H,14-18,21-23H2,1-13H3/b20-19+/t24?,25-,26+,27-,28+,29-/m0/s1. The molecule has 5 nitrogen and oxygen atoms in total. The molecule has 0 aliphatic heterocycles. The minimum absolute atomic E-state index is 0.0109. The summed E-state index contributed by atoms with van der Waals surface area (Å²) in [6.07, 6.45) is 10.7. The monoisotopic (exact) mass is 572 g/mol. The van der Waals surface area contributed by atoms with Gasteiger partial charge in [0, 0.05) is 19.1 Å². The van der Waals surface area contributed by atoms with Crippen LogP contribution in [0.2, 0.25) is 36.3 Å². The van der Waals surface area contributed by atoms with Crippen molar-refractivity contribution >= 4 is 16.6 Å². The lowest BCUT2D eigenvalue weighted by Gasteiger charge is -2.40. The molecule has 0 bridgehead atoms. The van der Waals surface area contributed by atoms with Gasteiger partial charge in [-0.2, -0.15) is 0 Å². The Morgan fingerprint density at radius 3 is 2.03 bits per heavy atom. The molecule has 0 amide bonds. The smallest absolute Gasteiger partial charge is 0.192 e. The molecule has 1 N–H and O–H groups in total. The second kappa shape index (κ2) is 15.3. The zero-order valence-electron chi connectivity index (χ0n) is 27.4. The highest BCUT2D eigenvalue weighted by atomic mass is 28.4. The van der Waals surface area contributed by atoms with E-state index in [9.17, 15) is 5.11 Å². The Bertz CT molecular complexity index is 695. The van der Waals surface area contributed by atoms with E-state index >= 15 is 0 Å². The molecule has 1 rings (SSSR count). The van der Waals surface area contributed by atoms with Gasteiger partial charge in [-0.05, 0) is 75.3 Å². The normalized spacial score (nSPS) is 25.3. The van der Waals surface area contributed by atoms with E-state index < -0.39 is 16.6 Å². The molecule has 7 heteroatoms. The highest BCUT2D eigenvalue weighted by Crippen LogP contribution is 2.45. The van der Waals surface area contributed by atoms with Gasteiger partial charge in [0.05, 0.1) is 18.3 Å². The maximum Gasteiger partial charge on any atom is 0.192 e. The minimum Gasteiger partial charge on any atom is -0.414 e. The van der Waals surface area contributed by atoms with Crippen LogP contribution in [0.4, 0.5) is 0 Å². The van der Waals surface area contributed by atoms with Crippen molar-refractivity contribution in [2.24, 2.45) is 11.8 Å². The van der Waals surface area contributed by atoms with Gasteiger partial charge >= 0.3 is 0 Å². The molecule has 1 unspecified atom stereocenters. The van der Waals surface area contributed by atoms with Gasteiger partial charge in [0.25, 0.3) is 0 Å². The van der Waals surface area contributed by atoms with E-state index in [-0.39, 0.29) is 53.1 Å². The lowest BCUT2D eigenvalue weighted by molar-refractivity contribution is -0.163. The van der Waals surface area contributed by atoms with Gasteiger partial charge < -0.3 is 23.4 Å². The Hall–Kier alpha value is -0.0262. The van der Waals surface area contributed by atoms with Gasteiger partial charge in [-0.1, -0.05) is 79.9 Å². The van der Waals surface area contributed by atoms with Gasteiger partial charge in [0.15, 0.2) is 22.9 Å². The summed E-state index contributed by atoms with van der Waals surface area (Å²) in [6.45, 7) is 30.1. The van der Waals surface area contributed by atoms with Crippen molar-refractivity contribution in [1.29, 1.82) is 0 Å². The lowest BCUT2D eigenvalue weighted by Crippen LogP contribution is -2.45. The van der Waals surface area contributed by atoms with Gasteiger partial charge in [-0.15, -0.1) is 0 Å². The second-order valence-electron chi connectivity index (χ2n) is 14.4. The van der Waals surface area contributed by atoms with Gasteiger partial charge in [-0.3, -0.25) is 0 Å². The fourth-order valence-corrected chi connectivity index (χ4v) is 7.52. The second-order valence-corrected chi connectivity index (χ2v) is 23.9. The third kappa shape index (κ3) is 10.8. The van der Waals surface area contributed by atoms with Gasteiger partial charge in [0.2, 0.25) is 0 Å². The molecular formula is C31H64O5Si2. The number of rotatable bonds is 16. The first-order valence-corrected chi connectivity index (χ1v) is 21.1. The van der Waals surface area contributed by atoms with Crippen LogP contribution in [0.5, 0.6) is 0 Å². The third-order valence-electron chi connectivity index (χ3n) is 9.24. The average molecular weight is 573 g/mol. The van der Waals surface area contributed by atoms with Crippen LogP contribution in [0, 0.1) is 11.8 Å². The molecule has 0 saturated heterocycles. The van der Waals surface area contributed by atoms with E-state index in [1.807, 2.05) is 13.8 Å². The van der Waals surface area contributed by atoms with E-state index in [0.717, 1.165) is 12.8 Å². The van der Waals surface area contributed by atoms with Gasteiger partial charge in [-0.25, -0.2) is 0 Å². The molecule has 0 aromatic rings. The van der Waals surface area contributed by atoms with Crippen molar-refractivity contribution in [1.82, 2.24) is 0 Å². The van der Waals surface area contributed by atoms with Crippen LogP contribution in [0.3, 0.4) is 0 Å². The summed E-state index contributed by atoms with van der Waals surface area (Å²) in [6, 6.07) is 0. The number of unbranched alkanes of at least 4 members (excludes halogenated alkanes) is 2. The Labute approximate surface area is 238 Å². The van der Waals surface area contributed by atoms with Crippen molar-refractivity contribution < 1.29 is 23.4 Å². The molecule has 0 heterocycles. The first-order chi connectivity index (χ1) is 17.4. The maximum atomic E-state index is 10.1. The molecule has 0 radical (unpaired) electrons. The van der Waals surface area contributed by atoms with Gasteiger partial charge in [0.1, 0.15) is 0 Å². The maximum absolute atomic E-state index is 10.1. The van der Waals surface area contributed by atoms with Crippen LogP contribution < -0.4 is 0 Å². The molecule has 1 saturated carbocycles. The first kappa shape index (κ1) is 36.0. The zero-order valence-corrected chi connectivity index (χ0v) is 29.4. The average Bonchev–Trinajstić information content (AvgIpc) is 3.05. The topological polar surface area (TPSA) is 57.2 Å². The Kier molecular flexibility index (Phi) is 14.5. The minimum atomic E-state index is -1.99. The van der Waals surface area contributed by atoms with E-state index in [4.69, 9.17) is 18.3 Å². The largest absolute Gasteiger partial charge is 0.414 e. The van der Waals surface area contributed by atoms with Crippen LogP contribution in [-0.4, -0.2) is 59.6 Å². The molecule has 38 heavy (non-hydrogen) atoms. The number of hydrogen-bond acceptors (Lipinski definition) is 5. The zero-order chi connectivity index (χ0) is 29.4.